The Labute approximate surface area is 164 Å². The maximum absolute atomic E-state index is 13.8. The molecule has 0 aliphatic heterocycles. The van der Waals surface area contributed by atoms with Gasteiger partial charge in [0.1, 0.15) is 10.6 Å². The molecule has 142 valence electrons. The summed E-state index contributed by atoms with van der Waals surface area (Å²) in [4.78, 5) is 12.7. The zero-order chi connectivity index (χ0) is 19.2. The third-order valence-electron chi connectivity index (χ3n) is 4.92. The highest BCUT2D eigenvalue weighted by Crippen LogP contribution is 2.42. The largest absolute Gasteiger partial charge is 0.598 e. The van der Waals surface area contributed by atoms with Crippen LogP contribution in [0.25, 0.3) is 10.8 Å². The summed E-state index contributed by atoms with van der Waals surface area (Å²) in [6.07, 6.45) is 2.77. The Morgan fingerprint density at radius 1 is 1.46 bits per heavy atom. The number of pyridine rings is 1. The summed E-state index contributed by atoms with van der Waals surface area (Å²) in [6, 6.07) is 4.89. The molecule has 0 saturated heterocycles. The predicted molar refractivity (Wildman–Crippen MR) is 108 cm³/mol. The van der Waals surface area contributed by atoms with Gasteiger partial charge in [0.05, 0.1) is 15.9 Å². The minimum absolute atomic E-state index is 0.129. The molecule has 0 radical (unpaired) electrons. The molecule has 1 aliphatic rings. The average molecular weight is 443 g/mol. The van der Waals surface area contributed by atoms with E-state index in [2.05, 4.69) is 20.7 Å². The Hall–Kier alpha value is -0.890. The van der Waals surface area contributed by atoms with Gasteiger partial charge in [-0.25, -0.2) is 4.39 Å². The summed E-state index contributed by atoms with van der Waals surface area (Å²) >= 11 is 2.05. The second-order valence-electron chi connectivity index (χ2n) is 8.07. The number of benzene rings is 1. The SMILES string of the molecule is C[C@H](N[S@+]([O-])C(C)(C)C)[C@@H]1C[C@H]1Cn1ccc2cc(Br)c(F)cc2c1=O. The lowest BCUT2D eigenvalue weighted by molar-refractivity contribution is 0.478. The lowest BCUT2D eigenvalue weighted by Gasteiger charge is -2.26. The highest BCUT2D eigenvalue weighted by Gasteiger charge is 2.43. The number of fused-ring (bicyclic) bond motifs is 1. The van der Waals surface area contributed by atoms with Crippen LogP contribution in [0, 0.1) is 17.7 Å². The normalized spacial score (nSPS) is 22.4. The van der Waals surface area contributed by atoms with Crippen molar-refractivity contribution in [2.75, 3.05) is 0 Å². The molecule has 26 heavy (non-hydrogen) atoms. The fourth-order valence-corrected chi connectivity index (χ4v) is 4.43. The fourth-order valence-electron chi connectivity index (χ4n) is 3.20. The van der Waals surface area contributed by atoms with Crippen molar-refractivity contribution in [1.82, 2.24) is 9.29 Å². The molecular weight excluding hydrogens is 419 g/mol. The third kappa shape index (κ3) is 4.16. The number of rotatable bonds is 5. The molecule has 1 aromatic carbocycles. The molecular formula is C19H24BrFN2O2S. The van der Waals surface area contributed by atoms with Gasteiger partial charge in [0, 0.05) is 24.1 Å². The van der Waals surface area contributed by atoms with Crippen LogP contribution in [-0.2, 0) is 17.9 Å². The van der Waals surface area contributed by atoms with E-state index in [4.69, 9.17) is 0 Å². The first-order chi connectivity index (χ1) is 12.1. The van der Waals surface area contributed by atoms with Gasteiger partial charge in [0.2, 0.25) is 0 Å². The van der Waals surface area contributed by atoms with E-state index in [1.807, 2.05) is 33.8 Å². The van der Waals surface area contributed by atoms with Crippen molar-refractivity contribution in [3.8, 4) is 0 Å². The molecule has 2 aromatic rings. The molecule has 1 fully saturated rings. The zero-order valence-corrected chi connectivity index (χ0v) is 17.8. The van der Waals surface area contributed by atoms with Crippen molar-refractivity contribution in [2.24, 2.45) is 11.8 Å². The highest BCUT2D eigenvalue weighted by molar-refractivity contribution is 9.10. The minimum Gasteiger partial charge on any atom is -0.598 e. The smallest absolute Gasteiger partial charge is 0.258 e. The molecule has 1 N–H and O–H groups in total. The molecule has 7 heteroatoms. The van der Waals surface area contributed by atoms with Gasteiger partial charge in [-0.1, -0.05) is 0 Å². The highest BCUT2D eigenvalue weighted by atomic mass is 79.9. The fraction of sp³-hybridized carbons (Fsp3) is 0.526. The Morgan fingerprint density at radius 2 is 2.15 bits per heavy atom. The zero-order valence-electron chi connectivity index (χ0n) is 15.4. The first-order valence-corrected chi connectivity index (χ1v) is 10.7. The number of hydrogen-bond donors (Lipinski definition) is 1. The Bertz CT molecular complexity index is 880. The van der Waals surface area contributed by atoms with E-state index >= 15 is 0 Å². The standard InChI is InChI=1S/C19H24BrFN2O2S/c1-11(22-26(25)19(2,3)4)14-7-13(14)10-23-6-5-12-8-16(20)17(21)9-15(12)18(23)24/h5-6,8-9,11,13-14,22H,7,10H2,1-4H3/t11-,13-,14-,26+/m0/s1. The number of aromatic nitrogens is 1. The molecule has 4 atom stereocenters. The van der Waals surface area contributed by atoms with Crippen molar-refractivity contribution in [3.63, 3.8) is 0 Å². The van der Waals surface area contributed by atoms with Crippen LogP contribution in [0.3, 0.4) is 0 Å². The van der Waals surface area contributed by atoms with E-state index in [1.54, 1.807) is 16.8 Å². The van der Waals surface area contributed by atoms with E-state index in [0.717, 1.165) is 11.8 Å². The molecule has 1 aliphatic carbocycles. The van der Waals surface area contributed by atoms with Crippen molar-refractivity contribution in [1.29, 1.82) is 0 Å². The first kappa shape index (κ1) is 19.9. The monoisotopic (exact) mass is 442 g/mol. The molecule has 3 rings (SSSR count). The molecule has 1 aromatic heterocycles. The third-order valence-corrected chi connectivity index (χ3v) is 7.22. The summed E-state index contributed by atoms with van der Waals surface area (Å²) in [7, 11) is 0. The van der Waals surface area contributed by atoms with Gasteiger partial charge >= 0.3 is 0 Å². The van der Waals surface area contributed by atoms with Gasteiger partial charge < -0.3 is 9.12 Å². The van der Waals surface area contributed by atoms with Gasteiger partial charge in [0.25, 0.3) is 5.56 Å². The Kier molecular flexibility index (Phi) is 5.55. The summed E-state index contributed by atoms with van der Waals surface area (Å²) in [6.45, 7) is 8.48. The van der Waals surface area contributed by atoms with Crippen molar-refractivity contribution in [2.45, 2.75) is 51.4 Å². The van der Waals surface area contributed by atoms with Crippen LogP contribution < -0.4 is 10.3 Å². The second kappa shape index (κ2) is 7.26. The van der Waals surface area contributed by atoms with Gasteiger partial charge in [-0.2, -0.15) is 0 Å². The molecule has 0 amide bonds. The summed E-state index contributed by atoms with van der Waals surface area (Å²) in [5.74, 6) is 0.328. The predicted octanol–water partition coefficient (Wildman–Crippen LogP) is 3.98. The lowest BCUT2D eigenvalue weighted by atomic mass is 10.1. The number of halogens is 2. The maximum Gasteiger partial charge on any atom is 0.258 e. The van der Waals surface area contributed by atoms with Gasteiger partial charge in [-0.05, 0) is 85.5 Å². The topological polar surface area (TPSA) is 57.1 Å². The van der Waals surface area contributed by atoms with Crippen molar-refractivity contribution >= 4 is 38.1 Å². The van der Waals surface area contributed by atoms with Crippen molar-refractivity contribution in [3.05, 3.63) is 45.0 Å². The summed E-state index contributed by atoms with van der Waals surface area (Å²) in [5.41, 5.74) is -0.168. The van der Waals surface area contributed by atoms with Gasteiger partial charge in [0.15, 0.2) is 0 Å². The van der Waals surface area contributed by atoms with Crippen LogP contribution in [0.2, 0.25) is 0 Å². The average Bonchev–Trinajstić information content (AvgIpc) is 3.31. The second-order valence-corrected chi connectivity index (χ2v) is 10.9. The Morgan fingerprint density at radius 3 is 2.81 bits per heavy atom. The van der Waals surface area contributed by atoms with Gasteiger partial charge in [-0.15, -0.1) is 4.72 Å². The van der Waals surface area contributed by atoms with Crippen LogP contribution in [0.1, 0.15) is 34.1 Å². The maximum atomic E-state index is 13.8. The summed E-state index contributed by atoms with van der Waals surface area (Å²) < 4.78 is 30.9. The van der Waals surface area contributed by atoms with Crippen LogP contribution in [-0.4, -0.2) is 19.9 Å². The van der Waals surface area contributed by atoms with E-state index in [9.17, 15) is 13.7 Å². The van der Waals surface area contributed by atoms with Gasteiger partial charge in [-0.3, -0.25) is 4.79 Å². The minimum atomic E-state index is -1.10. The van der Waals surface area contributed by atoms with E-state index in [1.165, 1.54) is 6.07 Å². The Balaban J connectivity index is 1.70. The van der Waals surface area contributed by atoms with Crippen LogP contribution in [0.15, 0.2) is 33.7 Å². The molecule has 1 saturated carbocycles. The first-order valence-electron chi connectivity index (χ1n) is 8.74. The molecule has 0 spiro atoms. The summed E-state index contributed by atoms with van der Waals surface area (Å²) in [5, 5.41) is 1.12. The molecule has 0 bridgehead atoms. The van der Waals surface area contributed by atoms with E-state index < -0.39 is 17.2 Å². The van der Waals surface area contributed by atoms with E-state index in [-0.39, 0.29) is 16.3 Å². The van der Waals surface area contributed by atoms with Crippen LogP contribution >= 0.6 is 15.9 Å². The number of nitrogens with zero attached hydrogens (tertiary/aromatic N) is 1. The number of hydrogen-bond acceptors (Lipinski definition) is 3. The van der Waals surface area contributed by atoms with Crippen LogP contribution in [0.5, 0.6) is 0 Å². The van der Waals surface area contributed by atoms with Crippen LogP contribution in [0.4, 0.5) is 4.39 Å². The number of nitrogens with one attached hydrogen (secondary N) is 1. The lowest BCUT2D eigenvalue weighted by Crippen LogP contribution is -2.44. The molecule has 4 nitrogen and oxygen atoms in total. The molecule has 1 heterocycles. The van der Waals surface area contributed by atoms with E-state index in [0.29, 0.717) is 28.2 Å². The molecule has 0 unspecified atom stereocenters. The van der Waals surface area contributed by atoms with Crippen molar-refractivity contribution < 1.29 is 8.94 Å². The quantitative estimate of drug-likeness (QED) is 0.712.